The van der Waals surface area contributed by atoms with Gasteiger partial charge in [0.2, 0.25) is 11.9 Å². The van der Waals surface area contributed by atoms with Crippen LogP contribution in [0.4, 0.5) is 5.95 Å². The number of rotatable bonds is 7. The number of benzene rings is 1. The van der Waals surface area contributed by atoms with E-state index in [1.807, 2.05) is 23.1 Å². The molecule has 6 heteroatoms. The Morgan fingerprint density at radius 3 is 2.50 bits per heavy atom. The molecule has 0 radical (unpaired) electrons. The van der Waals surface area contributed by atoms with Gasteiger partial charge in [0.05, 0.1) is 0 Å². The molecule has 1 amide bonds. The lowest BCUT2D eigenvalue weighted by Gasteiger charge is -2.34. The molecule has 1 saturated heterocycles. The Balaban J connectivity index is 1.34. The molecule has 26 heavy (non-hydrogen) atoms. The maximum absolute atomic E-state index is 12.3. The van der Waals surface area contributed by atoms with Gasteiger partial charge in [0.1, 0.15) is 0 Å². The van der Waals surface area contributed by atoms with Crippen LogP contribution in [-0.4, -0.2) is 64.9 Å². The van der Waals surface area contributed by atoms with Gasteiger partial charge in [0, 0.05) is 58.1 Å². The van der Waals surface area contributed by atoms with Crippen LogP contribution >= 0.6 is 0 Å². The third kappa shape index (κ3) is 5.67. The fourth-order valence-corrected chi connectivity index (χ4v) is 2.91. The first kappa shape index (κ1) is 18.1. The summed E-state index contributed by atoms with van der Waals surface area (Å²) in [6.07, 6.45) is 8.17. The lowest BCUT2D eigenvalue weighted by Crippen LogP contribution is -2.48. The highest BCUT2D eigenvalue weighted by Crippen LogP contribution is 2.06. The second kappa shape index (κ2) is 9.68. The molecule has 0 unspecified atom stereocenters. The molecule has 1 N–H and O–H groups in total. The highest BCUT2D eigenvalue weighted by atomic mass is 16.2. The van der Waals surface area contributed by atoms with Gasteiger partial charge in [-0.3, -0.25) is 9.69 Å². The van der Waals surface area contributed by atoms with Gasteiger partial charge in [-0.1, -0.05) is 42.5 Å². The minimum Gasteiger partial charge on any atom is -0.354 e. The largest absolute Gasteiger partial charge is 0.354 e. The van der Waals surface area contributed by atoms with Crippen LogP contribution in [0.15, 0.2) is 54.9 Å². The highest BCUT2D eigenvalue weighted by molar-refractivity contribution is 5.76. The normalized spacial score (nSPS) is 15.3. The first-order valence-electron chi connectivity index (χ1n) is 9.04. The van der Waals surface area contributed by atoms with Crippen LogP contribution in [0.1, 0.15) is 12.0 Å². The summed E-state index contributed by atoms with van der Waals surface area (Å²) >= 11 is 0. The van der Waals surface area contributed by atoms with Gasteiger partial charge in [-0.25, -0.2) is 9.97 Å². The van der Waals surface area contributed by atoms with Gasteiger partial charge in [-0.15, -0.1) is 0 Å². The number of hydrogen-bond acceptors (Lipinski definition) is 5. The molecular formula is C20H25N5O. The molecule has 2 aromatic rings. The number of hydrogen-bond donors (Lipinski definition) is 1. The second-order valence-electron chi connectivity index (χ2n) is 6.24. The zero-order chi connectivity index (χ0) is 18.0. The van der Waals surface area contributed by atoms with Crippen molar-refractivity contribution in [2.24, 2.45) is 0 Å². The number of anilines is 1. The van der Waals surface area contributed by atoms with E-state index >= 15 is 0 Å². The van der Waals surface area contributed by atoms with Crippen molar-refractivity contribution in [3.8, 4) is 0 Å². The SMILES string of the molecule is O=C(CCNc1ncccn1)N1CCN(C/C=C/c2ccccc2)CC1. The van der Waals surface area contributed by atoms with E-state index in [0.29, 0.717) is 18.9 Å². The molecule has 0 atom stereocenters. The molecule has 1 aromatic carbocycles. The number of nitrogens with one attached hydrogen (secondary N) is 1. The first-order valence-corrected chi connectivity index (χ1v) is 9.04. The quantitative estimate of drug-likeness (QED) is 0.828. The molecule has 3 rings (SSSR count). The van der Waals surface area contributed by atoms with E-state index in [-0.39, 0.29) is 5.91 Å². The van der Waals surface area contributed by atoms with E-state index in [9.17, 15) is 4.79 Å². The lowest BCUT2D eigenvalue weighted by atomic mass is 10.2. The van der Waals surface area contributed by atoms with E-state index in [1.54, 1.807) is 18.5 Å². The Kier molecular flexibility index (Phi) is 6.73. The zero-order valence-corrected chi connectivity index (χ0v) is 14.9. The van der Waals surface area contributed by atoms with Gasteiger partial charge in [0.25, 0.3) is 0 Å². The molecule has 0 bridgehead atoms. The number of piperazine rings is 1. The van der Waals surface area contributed by atoms with Crippen LogP contribution in [0.2, 0.25) is 0 Å². The van der Waals surface area contributed by atoms with Gasteiger partial charge < -0.3 is 10.2 Å². The van der Waals surface area contributed by atoms with Crippen molar-refractivity contribution < 1.29 is 4.79 Å². The van der Waals surface area contributed by atoms with Crippen molar-refractivity contribution in [3.05, 3.63) is 60.4 Å². The molecule has 1 aliphatic rings. The Morgan fingerprint density at radius 2 is 1.77 bits per heavy atom. The molecule has 0 aliphatic carbocycles. The van der Waals surface area contributed by atoms with E-state index in [4.69, 9.17) is 0 Å². The minimum atomic E-state index is 0.188. The average molecular weight is 351 g/mol. The predicted molar refractivity (Wildman–Crippen MR) is 104 cm³/mol. The fourth-order valence-electron chi connectivity index (χ4n) is 2.91. The highest BCUT2D eigenvalue weighted by Gasteiger charge is 2.19. The number of nitrogens with zero attached hydrogens (tertiary/aromatic N) is 4. The van der Waals surface area contributed by atoms with Crippen LogP contribution in [-0.2, 0) is 4.79 Å². The van der Waals surface area contributed by atoms with Gasteiger partial charge in [-0.05, 0) is 11.6 Å². The molecule has 1 aliphatic heterocycles. The molecule has 2 heterocycles. The summed E-state index contributed by atoms with van der Waals surface area (Å²) in [4.78, 5) is 24.8. The summed E-state index contributed by atoms with van der Waals surface area (Å²) in [5.41, 5.74) is 1.22. The number of carbonyl (C=O) groups excluding carboxylic acids is 1. The lowest BCUT2D eigenvalue weighted by molar-refractivity contribution is -0.132. The van der Waals surface area contributed by atoms with E-state index < -0.39 is 0 Å². The summed E-state index contributed by atoms with van der Waals surface area (Å²) < 4.78 is 0. The van der Waals surface area contributed by atoms with Crippen LogP contribution < -0.4 is 5.32 Å². The van der Waals surface area contributed by atoms with Crippen molar-refractivity contribution in [1.29, 1.82) is 0 Å². The number of amides is 1. The van der Waals surface area contributed by atoms with Crippen molar-refractivity contribution in [1.82, 2.24) is 19.8 Å². The molecule has 1 fully saturated rings. The van der Waals surface area contributed by atoms with Gasteiger partial charge >= 0.3 is 0 Å². The molecular weight excluding hydrogens is 326 g/mol. The van der Waals surface area contributed by atoms with Crippen molar-refractivity contribution in [2.75, 3.05) is 44.6 Å². The van der Waals surface area contributed by atoms with E-state index in [1.165, 1.54) is 5.56 Å². The average Bonchev–Trinajstić information content (AvgIpc) is 2.70. The van der Waals surface area contributed by atoms with Crippen molar-refractivity contribution >= 4 is 17.9 Å². The first-order chi connectivity index (χ1) is 12.8. The van der Waals surface area contributed by atoms with Crippen LogP contribution in [0.25, 0.3) is 6.08 Å². The summed E-state index contributed by atoms with van der Waals surface area (Å²) in [6, 6.07) is 12.1. The molecule has 0 saturated carbocycles. The smallest absolute Gasteiger partial charge is 0.224 e. The molecule has 1 aromatic heterocycles. The van der Waals surface area contributed by atoms with Gasteiger partial charge in [0.15, 0.2) is 0 Å². The number of aromatic nitrogens is 2. The summed E-state index contributed by atoms with van der Waals surface area (Å²) in [5, 5.41) is 3.08. The van der Waals surface area contributed by atoms with Crippen LogP contribution in [0.3, 0.4) is 0 Å². The Bertz CT molecular complexity index is 697. The maximum atomic E-state index is 12.3. The third-order valence-corrected chi connectivity index (χ3v) is 4.39. The predicted octanol–water partition coefficient (Wildman–Crippen LogP) is 2.14. The van der Waals surface area contributed by atoms with Crippen LogP contribution in [0, 0.1) is 0 Å². The van der Waals surface area contributed by atoms with E-state index in [0.717, 1.165) is 32.7 Å². The third-order valence-electron chi connectivity index (χ3n) is 4.39. The van der Waals surface area contributed by atoms with Crippen molar-refractivity contribution in [2.45, 2.75) is 6.42 Å². The van der Waals surface area contributed by atoms with E-state index in [2.05, 4.69) is 44.5 Å². The summed E-state index contributed by atoms with van der Waals surface area (Å²) in [6.45, 7) is 4.90. The summed E-state index contributed by atoms with van der Waals surface area (Å²) in [5.74, 6) is 0.753. The van der Waals surface area contributed by atoms with Crippen LogP contribution in [0.5, 0.6) is 0 Å². The number of carbonyl (C=O) groups is 1. The minimum absolute atomic E-state index is 0.188. The Morgan fingerprint density at radius 1 is 1.04 bits per heavy atom. The van der Waals surface area contributed by atoms with Crippen molar-refractivity contribution in [3.63, 3.8) is 0 Å². The molecule has 6 nitrogen and oxygen atoms in total. The summed E-state index contributed by atoms with van der Waals surface area (Å²) in [7, 11) is 0. The maximum Gasteiger partial charge on any atom is 0.224 e. The standard InChI is InChI=1S/C20H25N5O/c26-19(9-12-23-20-21-10-5-11-22-20)25-16-14-24(15-17-25)13-4-8-18-6-2-1-3-7-18/h1-8,10-11H,9,12-17H2,(H,21,22,23)/b8-4+. The molecule has 0 spiro atoms. The Labute approximate surface area is 154 Å². The molecule has 136 valence electrons. The second-order valence-corrected chi connectivity index (χ2v) is 6.24. The zero-order valence-electron chi connectivity index (χ0n) is 14.9. The van der Waals surface area contributed by atoms with Gasteiger partial charge in [-0.2, -0.15) is 0 Å². The fraction of sp³-hybridized carbons (Fsp3) is 0.350. The topological polar surface area (TPSA) is 61.4 Å². The Hall–Kier alpha value is -2.73. The monoisotopic (exact) mass is 351 g/mol.